The van der Waals surface area contributed by atoms with Crippen LogP contribution in [0.25, 0.3) is 0 Å². The molecule has 0 saturated carbocycles. The number of carbonyl (C=O) groups excluding carboxylic acids is 1. The van der Waals surface area contributed by atoms with Crippen LogP contribution in [0.2, 0.25) is 0 Å². The molecule has 0 unspecified atom stereocenters. The standard InChI is InChI=1S/C16H24N2O4S/c1-12-5-4-6-13(7-12)8-16(19)17-15-10-22-9-14(15)11-23(20,21)18(2)3/h4-7,14-15H,8-11H2,1-3H3,(H,17,19)/t14-,15-/m0/s1. The fourth-order valence-corrected chi connectivity index (χ4v) is 3.78. The summed E-state index contributed by atoms with van der Waals surface area (Å²) < 4.78 is 30.6. The summed E-state index contributed by atoms with van der Waals surface area (Å²) in [5.41, 5.74) is 2.05. The molecule has 23 heavy (non-hydrogen) atoms. The highest BCUT2D eigenvalue weighted by molar-refractivity contribution is 7.89. The SMILES string of the molecule is Cc1cccc(CC(=O)N[C@H]2COC[C@H]2CS(=O)(=O)N(C)C)c1. The first-order chi connectivity index (χ1) is 10.8. The van der Waals surface area contributed by atoms with Crippen LogP contribution in [0.1, 0.15) is 11.1 Å². The van der Waals surface area contributed by atoms with Gasteiger partial charge in [-0.2, -0.15) is 0 Å². The van der Waals surface area contributed by atoms with Gasteiger partial charge in [-0.1, -0.05) is 29.8 Å². The van der Waals surface area contributed by atoms with E-state index in [4.69, 9.17) is 4.74 Å². The summed E-state index contributed by atoms with van der Waals surface area (Å²) in [5.74, 6) is -0.350. The molecule has 1 amide bonds. The molecule has 0 bridgehead atoms. The lowest BCUT2D eigenvalue weighted by molar-refractivity contribution is -0.121. The molecule has 1 aromatic rings. The van der Waals surface area contributed by atoms with E-state index in [1.54, 1.807) is 0 Å². The van der Waals surface area contributed by atoms with Crippen LogP contribution in [-0.4, -0.2) is 57.7 Å². The van der Waals surface area contributed by atoms with Crippen LogP contribution in [0.15, 0.2) is 24.3 Å². The Morgan fingerprint density at radius 2 is 2.09 bits per heavy atom. The fraction of sp³-hybridized carbons (Fsp3) is 0.562. The van der Waals surface area contributed by atoms with Crippen molar-refractivity contribution < 1.29 is 17.9 Å². The molecule has 1 fully saturated rings. The summed E-state index contributed by atoms with van der Waals surface area (Å²) in [6, 6.07) is 7.52. The van der Waals surface area contributed by atoms with Gasteiger partial charge >= 0.3 is 0 Å². The molecular formula is C16H24N2O4S. The maximum atomic E-state index is 12.2. The molecule has 0 spiro atoms. The minimum absolute atomic E-state index is 0.0185. The van der Waals surface area contributed by atoms with Gasteiger partial charge in [0.05, 0.1) is 31.4 Å². The summed E-state index contributed by atoms with van der Waals surface area (Å²) >= 11 is 0. The number of sulfonamides is 1. The van der Waals surface area contributed by atoms with Crippen molar-refractivity contribution in [3.8, 4) is 0 Å². The lowest BCUT2D eigenvalue weighted by Gasteiger charge is -2.21. The average molecular weight is 340 g/mol. The molecule has 2 rings (SSSR count). The van der Waals surface area contributed by atoms with Crippen molar-refractivity contribution in [2.24, 2.45) is 5.92 Å². The van der Waals surface area contributed by atoms with Gasteiger partial charge in [-0.3, -0.25) is 4.79 Å². The molecule has 1 heterocycles. The van der Waals surface area contributed by atoms with Crippen LogP contribution in [0.5, 0.6) is 0 Å². The predicted octanol–water partition coefficient (Wildman–Crippen LogP) is 0.560. The second kappa shape index (κ2) is 7.42. The monoisotopic (exact) mass is 340 g/mol. The third kappa shape index (κ3) is 5.02. The first-order valence-corrected chi connectivity index (χ1v) is 9.21. The maximum absolute atomic E-state index is 12.2. The number of hydrogen-bond acceptors (Lipinski definition) is 4. The van der Waals surface area contributed by atoms with Crippen molar-refractivity contribution in [3.63, 3.8) is 0 Å². The van der Waals surface area contributed by atoms with E-state index < -0.39 is 10.0 Å². The van der Waals surface area contributed by atoms with E-state index in [9.17, 15) is 13.2 Å². The summed E-state index contributed by atoms with van der Waals surface area (Å²) in [7, 11) is -0.292. The molecule has 1 N–H and O–H groups in total. The van der Waals surface area contributed by atoms with Crippen LogP contribution in [-0.2, 0) is 26.0 Å². The number of ether oxygens (including phenoxy) is 1. The van der Waals surface area contributed by atoms with E-state index in [1.807, 2.05) is 31.2 Å². The Balaban J connectivity index is 1.94. The lowest BCUT2D eigenvalue weighted by Crippen LogP contribution is -2.44. The number of amides is 1. The zero-order valence-electron chi connectivity index (χ0n) is 13.8. The van der Waals surface area contributed by atoms with Crippen molar-refractivity contribution >= 4 is 15.9 Å². The van der Waals surface area contributed by atoms with Gasteiger partial charge in [-0.25, -0.2) is 12.7 Å². The smallest absolute Gasteiger partial charge is 0.224 e. The van der Waals surface area contributed by atoms with E-state index in [-0.39, 0.29) is 30.0 Å². The van der Waals surface area contributed by atoms with Crippen molar-refractivity contribution in [2.75, 3.05) is 33.1 Å². The topological polar surface area (TPSA) is 75.7 Å². The van der Waals surface area contributed by atoms with Crippen LogP contribution in [0.3, 0.4) is 0 Å². The lowest BCUT2D eigenvalue weighted by atomic mass is 10.0. The van der Waals surface area contributed by atoms with Crippen molar-refractivity contribution in [1.29, 1.82) is 0 Å². The zero-order chi connectivity index (χ0) is 17.0. The molecule has 0 radical (unpaired) electrons. The molecule has 1 aliphatic heterocycles. The van der Waals surface area contributed by atoms with E-state index in [1.165, 1.54) is 18.4 Å². The number of benzene rings is 1. The fourth-order valence-electron chi connectivity index (χ4n) is 2.61. The number of carbonyl (C=O) groups is 1. The van der Waals surface area contributed by atoms with Gasteiger partial charge < -0.3 is 10.1 Å². The Morgan fingerprint density at radius 1 is 1.35 bits per heavy atom. The Bertz CT molecular complexity index is 658. The summed E-state index contributed by atoms with van der Waals surface area (Å²) in [4.78, 5) is 12.2. The molecule has 1 aliphatic rings. The molecule has 1 saturated heterocycles. The Labute approximate surface area is 137 Å². The van der Waals surface area contributed by atoms with Gasteiger partial charge in [0.2, 0.25) is 15.9 Å². The second-order valence-corrected chi connectivity index (χ2v) is 8.43. The third-order valence-electron chi connectivity index (χ3n) is 3.97. The first kappa shape index (κ1) is 17.9. The quantitative estimate of drug-likeness (QED) is 0.821. The van der Waals surface area contributed by atoms with Gasteiger partial charge in [0, 0.05) is 20.0 Å². The highest BCUT2D eigenvalue weighted by Gasteiger charge is 2.34. The van der Waals surface area contributed by atoms with Crippen LogP contribution < -0.4 is 5.32 Å². The van der Waals surface area contributed by atoms with Gasteiger partial charge in [0.15, 0.2) is 0 Å². The molecule has 0 aromatic heterocycles. The highest BCUT2D eigenvalue weighted by Crippen LogP contribution is 2.17. The number of hydrogen-bond donors (Lipinski definition) is 1. The van der Waals surface area contributed by atoms with Crippen molar-refractivity contribution in [3.05, 3.63) is 35.4 Å². The minimum Gasteiger partial charge on any atom is -0.379 e. The normalized spacial score (nSPS) is 21.6. The molecular weight excluding hydrogens is 316 g/mol. The third-order valence-corrected chi connectivity index (χ3v) is 5.94. The van der Waals surface area contributed by atoms with Gasteiger partial charge in [-0.05, 0) is 12.5 Å². The Hall–Kier alpha value is -1.44. The maximum Gasteiger partial charge on any atom is 0.224 e. The van der Waals surface area contributed by atoms with E-state index in [0.29, 0.717) is 13.2 Å². The Morgan fingerprint density at radius 3 is 2.74 bits per heavy atom. The highest BCUT2D eigenvalue weighted by atomic mass is 32.2. The number of nitrogens with zero attached hydrogens (tertiary/aromatic N) is 1. The molecule has 7 heteroatoms. The van der Waals surface area contributed by atoms with Crippen LogP contribution in [0.4, 0.5) is 0 Å². The minimum atomic E-state index is -3.31. The summed E-state index contributed by atoms with van der Waals surface area (Å²) in [5, 5.41) is 2.91. The molecule has 2 atom stereocenters. The predicted molar refractivity (Wildman–Crippen MR) is 88.6 cm³/mol. The second-order valence-electron chi connectivity index (χ2n) is 6.20. The van der Waals surface area contributed by atoms with Crippen molar-refractivity contribution in [1.82, 2.24) is 9.62 Å². The molecule has 128 valence electrons. The van der Waals surface area contributed by atoms with Crippen LogP contribution >= 0.6 is 0 Å². The van der Waals surface area contributed by atoms with E-state index >= 15 is 0 Å². The largest absolute Gasteiger partial charge is 0.379 e. The average Bonchev–Trinajstić information content (AvgIpc) is 2.84. The zero-order valence-corrected chi connectivity index (χ0v) is 14.6. The van der Waals surface area contributed by atoms with Crippen LogP contribution in [0, 0.1) is 12.8 Å². The molecule has 1 aromatic carbocycles. The Kier molecular flexibility index (Phi) is 5.78. The van der Waals surface area contributed by atoms with Gasteiger partial charge in [0.25, 0.3) is 0 Å². The summed E-state index contributed by atoms with van der Waals surface area (Å²) in [6.45, 7) is 2.68. The molecule has 6 nitrogen and oxygen atoms in total. The van der Waals surface area contributed by atoms with Gasteiger partial charge in [0.1, 0.15) is 0 Å². The van der Waals surface area contributed by atoms with E-state index in [0.717, 1.165) is 11.1 Å². The number of rotatable bonds is 6. The number of aryl methyl sites for hydroxylation is 1. The number of nitrogens with one attached hydrogen (secondary N) is 1. The summed E-state index contributed by atoms with van der Waals surface area (Å²) in [6.07, 6.45) is 0.283. The van der Waals surface area contributed by atoms with Crippen molar-refractivity contribution in [2.45, 2.75) is 19.4 Å². The van der Waals surface area contributed by atoms with Gasteiger partial charge in [-0.15, -0.1) is 0 Å². The molecule has 0 aliphatic carbocycles. The first-order valence-electron chi connectivity index (χ1n) is 7.61. The van der Waals surface area contributed by atoms with E-state index in [2.05, 4.69) is 5.32 Å².